The van der Waals surface area contributed by atoms with Crippen molar-refractivity contribution in [3.8, 4) is 6.07 Å². The molecule has 0 bridgehead atoms. The summed E-state index contributed by atoms with van der Waals surface area (Å²) in [6.45, 7) is 1.89. The number of hydrogen-bond donors (Lipinski definition) is 0. The highest BCUT2D eigenvalue weighted by Crippen LogP contribution is 1.96. The Bertz CT molecular complexity index is 247. The number of nitriles is 1. The lowest BCUT2D eigenvalue weighted by Gasteiger charge is -1.86. The van der Waals surface area contributed by atoms with Crippen LogP contribution in [0.25, 0.3) is 0 Å². The molecule has 0 fully saturated rings. The van der Waals surface area contributed by atoms with Gasteiger partial charge in [0.15, 0.2) is 0 Å². The first-order chi connectivity index (χ1) is 4.33. The van der Waals surface area contributed by atoms with E-state index >= 15 is 0 Å². The first kappa shape index (κ1) is 5.77. The van der Waals surface area contributed by atoms with Gasteiger partial charge in [-0.05, 0) is 18.6 Å². The quantitative estimate of drug-likeness (QED) is 0.509. The maximum atomic E-state index is 8.34. The summed E-state index contributed by atoms with van der Waals surface area (Å²) in [4.78, 5) is 3.71. The van der Waals surface area contributed by atoms with Crippen LogP contribution in [-0.4, -0.2) is 4.98 Å². The van der Waals surface area contributed by atoms with Crippen molar-refractivity contribution < 1.29 is 0 Å². The highest BCUT2D eigenvalue weighted by molar-refractivity contribution is 5.26. The van der Waals surface area contributed by atoms with Crippen molar-refractivity contribution in [3.05, 3.63) is 29.6 Å². The molecule has 0 amide bonds. The molecule has 0 saturated carbocycles. The van der Waals surface area contributed by atoms with E-state index in [0.29, 0.717) is 5.56 Å². The van der Waals surface area contributed by atoms with Crippen molar-refractivity contribution in [2.45, 2.75) is 6.92 Å². The van der Waals surface area contributed by atoms with Gasteiger partial charge < -0.3 is 0 Å². The number of hydrogen-bond acceptors (Lipinski definition) is 2. The van der Waals surface area contributed by atoms with Crippen molar-refractivity contribution in [1.29, 1.82) is 5.26 Å². The molecule has 1 aromatic heterocycles. The molecule has 2 heteroatoms. The van der Waals surface area contributed by atoms with Gasteiger partial charge in [-0.1, -0.05) is 0 Å². The summed E-state index contributed by atoms with van der Waals surface area (Å²) in [6, 6.07) is 3.69. The first-order valence-corrected chi connectivity index (χ1v) is 2.57. The van der Waals surface area contributed by atoms with Crippen LogP contribution in [0, 0.1) is 24.5 Å². The molecule has 0 N–H and O–H groups in total. The topological polar surface area (TPSA) is 36.7 Å². The highest BCUT2D eigenvalue weighted by Gasteiger charge is 1.88. The lowest BCUT2D eigenvalue weighted by atomic mass is 10.2. The molecule has 43 valence electrons. The van der Waals surface area contributed by atoms with Gasteiger partial charge in [-0.25, -0.2) is 0 Å². The minimum absolute atomic E-state index is 0.495. The normalized spacial score (nSPS) is 8.44. The summed E-state index contributed by atoms with van der Waals surface area (Å²) in [5.41, 5.74) is 1.49. The lowest BCUT2D eigenvalue weighted by Crippen LogP contribution is -1.79. The van der Waals surface area contributed by atoms with Gasteiger partial charge in [0.1, 0.15) is 12.3 Å². The van der Waals surface area contributed by atoms with E-state index in [1.165, 1.54) is 0 Å². The van der Waals surface area contributed by atoms with Gasteiger partial charge in [-0.3, -0.25) is 4.98 Å². The van der Waals surface area contributed by atoms with Crippen molar-refractivity contribution in [2.75, 3.05) is 0 Å². The number of pyridine rings is 1. The first-order valence-electron chi connectivity index (χ1n) is 2.57. The summed E-state index contributed by atoms with van der Waals surface area (Å²) in [5.74, 6) is 0. The molecular formula is C7H5N2. The third kappa shape index (κ3) is 1.26. The highest BCUT2D eigenvalue weighted by atomic mass is 14.6. The number of aromatic nitrogens is 1. The summed E-state index contributed by atoms with van der Waals surface area (Å²) >= 11 is 0. The molecule has 1 heterocycles. The summed E-state index contributed by atoms with van der Waals surface area (Å²) in [5, 5.41) is 8.34. The van der Waals surface area contributed by atoms with Gasteiger partial charge in [-0.2, -0.15) is 5.26 Å². The molecule has 0 aliphatic carbocycles. The van der Waals surface area contributed by atoms with Crippen LogP contribution in [0.15, 0.2) is 12.3 Å². The minimum Gasteiger partial charge on any atom is -0.253 e. The Kier molecular flexibility index (Phi) is 1.46. The molecule has 1 radical (unpaired) electrons. The van der Waals surface area contributed by atoms with Gasteiger partial charge in [0.25, 0.3) is 0 Å². The van der Waals surface area contributed by atoms with Crippen LogP contribution in [0.2, 0.25) is 0 Å². The second-order valence-corrected chi connectivity index (χ2v) is 1.78. The number of aryl methyl sites for hydroxylation is 1. The Morgan fingerprint density at radius 1 is 1.78 bits per heavy atom. The minimum atomic E-state index is 0.495. The predicted molar refractivity (Wildman–Crippen MR) is 32.5 cm³/mol. The standard InChI is InChI=1S/C7H5N2/c1-6-2-7(3-8)5-9-4-6/h2,4H,1H3. The Morgan fingerprint density at radius 2 is 2.56 bits per heavy atom. The van der Waals surface area contributed by atoms with Crippen LogP contribution in [0.3, 0.4) is 0 Å². The fraction of sp³-hybridized carbons (Fsp3) is 0.143. The van der Waals surface area contributed by atoms with E-state index in [2.05, 4.69) is 11.2 Å². The largest absolute Gasteiger partial charge is 0.253 e. The van der Waals surface area contributed by atoms with Crippen molar-refractivity contribution in [3.63, 3.8) is 0 Å². The summed E-state index contributed by atoms with van der Waals surface area (Å²) in [7, 11) is 0. The zero-order valence-electron chi connectivity index (χ0n) is 5.05. The smallest absolute Gasteiger partial charge is 0.108 e. The van der Waals surface area contributed by atoms with Crippen molar-refractivity contribution in [2.24, 2.45) is 0 Å². The zero-order chi connectivity index (χ0) is 6.69. The fourth-order valence-electron chi connectivity index (χ4n) is 0.558. The van der Waals surface area contributed by atoms with E-state index in [0.717, 1.165) is 5.56 Å². The third-order valence-corrected chi connectivity index (χ3v) is 0.946. The molecule has 0 unspecified atom stereocenters. The van der Waals surface area contributed by atoms with E-state index < -0.39 is 0 Å². The van der Waals surface area contributed by atoms with E-state index in [1.54, 1.807) is 12.3 Å². The van der Waals surface area contributed by atoms with Crippen LogP contribution in [0.1, 0.15) is 11.1 Å². The van der Waals surface area contributed by atoms with E-state index in [1.807, 2.05) is 13.0 Å². The average Bonchev–Trinajstić information content (AvgIpc) is 1.88. The molecule has 9 heavy (non-hydrogen) atoms. The van der Waals surface area contributed by atoms with Gasteiger partial charge in [0, 0.05) is 6.20 Å². The van der Waals surface area contributed by atoms with Crippen LogP contribution in [0.5, 0.6) is 0 Å². The van der Waals surface area contributed by atoms with E-state index in [4.69, 9.17) is 5.26 Å². The van der Waals surface area contributed by atoms with Crippen LogP contribution < -0.4 is 0 Å². The molecule has 2 nitrogen and oxygen atoms in total. The van der Waals surface area contributed by atoms with E-state index in [-0.39, 0.29) is 0 Å². The Morgan fingerprint density at radius 3 is 3.00 bits per heavy atom. The third-order valence-electron chi connectivity index (χ3n) is 0.946. The summed E-state index contributed by atoms with van der Waals surface area (Å²) in [6.07, 6.45) is 4.22. The number of nitrogens with zero attached hydrogens (tertiary/aromatic N) is 2. The van der Waals surface area contributed by atoms with Gasteiger partial charge in [0.05, 0.1) is 5.56 Å². The van der Waals surface area contributed by atoms with Crippen molar-refractivity contribution >= 4 is 0 Å². The van der Waals surface area contributed by atoms with Gasteiger partial charge >= 0.3 is 0 Å². The van der Waals surface area contributed by atoms with Gasteiger partial charge in [0.2, 0.25) is 0 Å². The maximum absolute atomic E-state index is 8.34. The van der Waals surface area contributed by atoms with Crippen LogP contribution in [0.4, 0.5) is 0 Å². The molecule has 0 spiro atoms. The molecule has 0 aliphatic rings. The van der Waals surface area contributed by atoms with Crippen LogP contribution in [-0.2, 0) is 0 Å². The predicted octanol–water partition coefficient (Wildman–Crippen LogP) is 1.06. The van der Waals surface area contributed by atoms with E-state index in [9.17, 15) is 0 Å². The van der Waals surface area contributed by atoms with Crippen LogP contribution >= 0.6 is 0 Å². The SMILES string of the molecule is Cc1cn[c]c(C#N)c1. The zero-order valence-corrected chi connectivity index (χ0v) is 5.05. The number of rotatable bonds is 0. The maximum Gasteiger partial charge on any atom is 0.108 e. The fourth-order valence-corrected chi connectivity index (χ4v) is 0.558. The molecule has 1 rings (SSSR count). The average molecular weight is 117 g/mol. The molecule has 0 saturated heterocycles. The monoisotopic (exact) mass is 117 g/mol. The molecule has 0 aromatic carbocycles. The molecule has 0 atom stereocenters. The Labute approximate surface area is 53.8 Å². The Hall–Kier alpha value is -1.36. The van der Waals surface area contributed by atoms with Crippen molar-refractivity contribution in [1.82, 2.24) is 4.98 Å². The molecule has 0 aliphatic heterocycles. The Balaban J connectivity index is 3.12. The second kappa shape index (κ2) is 2.27. The molecule has 1 aromatic rings. The second-order valence-electron chi connectivity index (χ2n) is 1.78. The molecular weight excluding hydrogens is 112 g/mol. The lowest BCUT2D eigenvalue weighted by molar-refractivity contribution is 1.23. The summed E-state index contributed by atoms with van der Waals surface area (Å²) < 4.78 is 0. The van der Waals surface area contributed by atoms with Gasteiger partial charge in [-0.15, -0.1) is 0 Å².